The SMILES string of the molecule is O=C(NCCN1CCC(c2cccc(C(F)(F)F)n2)CC1)C1CCCOC1. The molecule has 0 aliphatic carbocycles. The van der Waals surface area contributed by atoms with Gasteiger partial charge in [-0.05, 0) is 50.9 Å². The lowest BCUT2D eigenvalue weighted by molar-refractivity contribution is -0.141. The number of carbonyl (C=O) groups excluding carboxylic acids is 1. The summed E-state index contributed by atoms with van der Waals surface area (Å²) in [7, 11) is 0. The minimum atomic E-state index is -4.40. The van der Waals surface area contributed by atoms with Gasteiger partial charge in [0.1, 0.15) is 5.69 Å². The van der Waals surface area contributed by atoms with Gasteiger partial charge in [-0.15, -0.1) is 0 Å². The highest BCUT2D eigenvalue weighted by atomic mass is 19.4. The van der Waals surface area contributed by atoms with Gasteiger partial charge in [-0.2, -0.15) is 13.2 Å². The number of nitrogens with one attached hydrogen (secondary N) is 1. The molecule has 2 saturated heterocycles. The lowest BCUT2D eigenvalue weighted by atomic mass is 9.93. The minimum Gasteiger partial charge on any atom is -0.381 e. The Morgan fingerprint density at radius 3 is 2.70 bits per heavy atom. The quantitative estimate of drug-likeness (QED) is 0.847. The molecule has 0 spiro atoms. The zero-order chi connectivity index (χ0) is 19.3. The number of carbonyl (C=O) groups is 1. The highest BCUT2D eigenvalue weighted by molar-refractivity contribution is 5.78. The molecule has 2 aliphatic heterocycles. The summed E-state index contributed by atoms with van der Waals surface area (Å²) in [4.78, 5) is 18.1. The van der Waals surface area contributed by atoms with Gasteiger partial charge in [0.2, 0.25) is 5.91 Å². The van der Waals surface area contributed by atoms with Gasteiger partial charge in [0, 0.05) is 31.3 Å². The van der Waals surface area contributed by atoms with Crippen LogP contribution in [0.3, 0.4) is 0 Å². The van der Waals surface area contributed by atoms with E-state index in [1.54, 1.807) is 6.07 Å². The Labute approximate surface area is 157 Å². The Bertz CT molecular complexity index is 625. The predicted octanol–water partition coefficient (Wildman–Crippen LogP) is 2.82. The van der Waals surface area contributed by atoms with Gasteiger partial charge in [-0.1, -0.05) is 6.07 Å². The molecule has 0 bridgehead atoms. The molecule has 1 aromatic rings. The van der Waals surface area contributed by atoms with Crippen molar-refractivity contribution in [2.45, 2.75) is 37.8 Å². The van der Waals surface area contributed by atoms with E-state index >= 15 is 0 Å². The smallest absolute Gasteiger partial charge is 0.381 e. The van der Waals surface area contributed by atoms with Gasteiger partial charge in [0.15, 0.2) is 0 Å². The standard InChI is InChI=1S/C19H26F3N3O2/c20-19(21,22)17-5-1-4-16(24-17)14-6-9-25(10-7-14)11-8-23-18(26)15-3-2-12-27-13-15/h1,4-5,14-15H,2-3,6-13H2,(H,23,26). The molecule has 1 amide bonds. The zero-order valence-corrected chi connectivity index (χ0v) is 15.3. The fourth-order valence-electron chi connectivity index (χ4n) is 3.72. The molecular formula is C19H26F3N3O2. The van der Waals surface area contributed by atoms with Gasteiger partial charge in [0.25, 0.3) is 0 Å². The number of alkyl halides is 3. The Morgan fingerprint density at radius 1 is 1.26 bits per heavy atom. The summed E-state index contributed by atoms with van der Waals surface area (Å²) in [6.07, 6.45) is -1.05. The van der Waals surface area contributed by atoms with Crippen LogP contribution in [0.5, 0.6) is 0 Å². The monoisotopic (exact) mass is 385 g/mol. The Morgan fingerprint density at radius 2 is 2.04 bits per heavy atom. The van der Waals surface area contributed by atoms with Crippen LogP contribution < -0.4 is 5.32 Å². The molecule has 0 aromatic carbocycles. The first-order valence-corrected chi connectivity index (χ1v) is 9.55. The van der Waals surface area contributed by atoms with E-state index in [0.717, 1.165) is 58.0 Å². The molecule has 2 aliphatic rings. The summed E-state index contributed by atoms with van der Waals surface area (Å²) in [6, 6.07) is 4.13. The van der Waals surface area contributed by atoms with E-state index in [-0.39, 0.29) is 17.7 Å². The third kappa shape index (κ3) is 5.65. The lowest BCUT2D eigenvalue weighted by Crippen LogP contribution is -2.42. The maximum Gasteiger partial charge on any atom is 0.433 e. The van der Waals surface area contributed by atoms with Gasteiger partial charge < -0.3 is 15.0 Å². The van der Waals surface area contributed by atoms with E-state index in [4.69, 9.17) is 4.74 Å². The third-order valence-electron chi connectivity index (χ3n) is 5.33. The highest BCUT2D eigenvalue weighted by Gasteiger charge is 2.33. The van der Waals surface area contributed by atoms with Crippen molar-refractivity contribution < 1.29 is 22.7 Å². The molecular weight excluding hydrogens is 359 g/mol. The van der Waals surface area contributed by atoms with Crippen LogP contribution in [-0.2, 0) is 15.7 Å². The van der Waals surface area contributed by atoms with Gasteiger partial charge in [-0.3, -0.25) is 4.79 Å². The zero-order valence-electron chi connectivity index (χ0n) is 15.3. The van der Waals surface area contributed by atoms with Crippen molar-refractivity contribution in [3.05, 3.63) is 29.6 Å². The summed E-state index contributed by atoms with van der Waals surface area (Å²) in [5, 5.41) is 2.97. The third-order valence-corrected chi connectivity index (χ3v) is 5.33. The van der Waals surface area contributed by atoms with Crippen LogP contribution in [0.15, 0.2) is 18.2 Å². The minimum absolute atomic E-state index is 0.0449. The number of ether oxygens (including phenoxy) is 1. The number of nitrogens with zero attached hydrogens (tertiary/aromatic N) is 2. The van der Waals surface area contributed by atoms with E-state index in [1.165, 1.54) is 6.07 Å². The van der Waals surface area contributed by atoms with E-state index in [2.05, 4.69) is 15.2 Å². The Balaban J connectivity index is 1.41. The first-order chi connectivity index (χ1) is 12.9. The molecule has 0 radical (unpaired) electrons. The number of hydrogen-bond acceptors (Lipinski definition) is 4. The molecule has 3 rings (SSSR count). The summed E-state index contributed by atoms with van der Waals surface area (Å²) in [6.45, 7) is 4.17. The number of aromatic nitrogens is 1. The van der Waals surface area contributed by atoms with E-state index in [9.17, 15) is 18.0 Å². The number of amides is 1. The molecule has 3 heterocycles. The van der Waals surface area contributed by atoms with Crippen molar-refractivity contribution in [2.75, 3.05) is 39.4 Å². The number of rotatable bonds is 5. The van der Waals surface area contributed by atoms with Crippen molar-refractivity contribution in [3.63, 3.8) is 0 Å². The summed E-state index contributed by atoms with van der Waals surface area (Å²) in [5.41, 5.74) is -0.299. The number of piperidine rings is 1. The van der Waals surface area contributed by atoms with Crippen LogP contribution in [0.4, 0.5) is 13.2 Å². The number of likely N-dealkylation sites (tertiary alicyclic amines) is 1. The first-order valence-electron chi connectivity index (χ1n) is 9.55. The summed E-state index contributed by atoms with van der Waals surface area (Å²) < 4.78 is 43.8. The fourth-order valence-corrected chi connectivity index (χ4v) is 3.72. The van der Waals surface area contributed by atoms with E-state index in [1.807, 2.05) is 0 Å². The fraction of sp³-hybridized carbons (Fsp3) is 0.684. The molecule has 0 saturated carbocycles. The molecule has 27 heavy (non-hydrogen) atoms. The van der Waals surface area contributed by atoms with Crippen LogP contribution in [-0.4, -0.2) is 55.2 Å². The lowest BCUT2D eigenvalue weighted by Gasteiger charge is -2.32. The van der Waals surface area contributed by atoms with Crippen molar-refractivity contribution in [3.8, 4) is 0 Å². The topological polar surface area (TPSA) is 54.5 Å². The molecule has 1 N–H and O–H groups in total. The molecule has 2 fully saturated rings. The molecule has 1 unspecified atom stereocenters. The summed E-state index contributed by atoms with van der Waals surface area (Å²) >= 11 is 0. The average molecular weight is 385 g/mol. The van der Waals surface area contributed by atoms with Crippen molar-refractivity contribution in [2.24, 2.45) is 5.92 Å². The average Bonchev–Trinajstić information content (AvgIpc) is 2.68. The second-order valence-electron chi connectivity index (χ2n) is 7.27. The second kappa shape index (κ2) is 9.01. The molecule has 150 valence electrons. The largest absolute Gasteiger partial charge is 0.433 e. The Kier molecular flexibility index (Phi) is 6.70. The normalized spacial score (nSPS) is 22.6. The number of pyridine rings is 1. The van der Waals surface area contributed by atoms with Crippen LogP contribution in [0.1, 0.15) is 43.0 Å². The van der Waals surface area contributed by atoms with E-state index < -0.39 is 11.9 Å². The maximum absolute atomic E-state index is 12.8. The summed E-state index contributed by atoms with van der Waals surface area (Å²) in [5.74, 6) is 0.0618. The second-order valence-corrected chi connectivity index (χ2v) is 7.27. The Hall–Kier alpha value is -1.67. The number of hydrogen-bond donors (Lipinski definition) is 1. The first kappa shape index (κ1) is 20.1. The molecule has 8 heteroatoms. The highest BCUT2D eigenvalue weighted by Crippen LogP contribution is 2.31. The van der Waals surface area contributed by atoms with Crippen molar-refractivity contribution >= 4 is 5.91 Å². The van der Waals surface area contributed by atoms with Crippen LogP contribution >= 0.6 is 0 Å². The van der Waals surface area contributed by atoms with Crippen LogP contribution in [0.25, 0.3) is 0 Å². The maximum atomic E-state index is 12.8. The van der Waals surface area contributed by atoms with Crippen LogP contribution in [0, 0.1) is 5.92 Å². The van der Waals surface area contributed by atoms with Gasteiger partial charge in [0.05, 0.1) is 12.5 Å². The molecule has 1 atom stereocenters. The molecule has 5 nitrogen and oxygen atoms in total. The molecule has 1 aromatic heterocycles. The predicted molar refractivity (Wildman–Crippen MR) is 94.2 cm³/mol. The van der Waals surface area contributed by atoms with Gasteiger partial charge in [-0.25, -0.2) is 4.98 Å². The van der Waals surface area contributed by atoms with Gasteiger partial charge >= 0.3 is 6.18 Å². The van der Waals surface area contributed by atoms with Crippen molar-refractivity contribution in [1.82, 2.24) is 15.2 Å². The van der Waals surface area contributed by atoms with E-state index in [0.29, 0.717) is 18.8 Å². The van der Waals surface area contributed by atoms with Crippen LogP contribution in [0.2, 0.25) is 0 Å². The van der Waals surface area contributed by atoms with Crippen molar-refractivity contribution in [1.29, 1.82) is 0 Å². The number of halogens is 3.